The van der Waals surface area contributed by atoms with Crippen LogP contribution in [-0.4, -0.2) is 24.5 Å². The number of ether oxygens (including phenoxy) is 3. The van der Waals surface area contributed by atoms with Gasteiger partial charge in [0.05, 0.1) is 6.61 Å². The maximum Gasteiger partial charge on any atom is 0.343 e. The van der Waals surface area contributed by atoms with Gasteiger partial charge in [0.2, 0.25) is 0 Å². The minimum absolute atomic E-state index is 0.212. The summed E-state index contributed by atoms with van der Waals surface area (Å²) in [6.45, 7) is 3.78. The van der Waals surface area contributed by atoms with Crippen LogP contribution in [0.25, 0.3) is 27.6 Å². The fourth-order valence-electron chi connectivity index (χ4n) is 3.94. The molecule has 27 heavy (non-hydrogen) atoms. The molecular formula is C23H20O4. The number of benzene rings is 3. The number of carbonyl (C=O) groups is 1. The molecule has 0 radical (unpaired) electrons. The third-order valence-electron chi connectivity index (χ3n) is 5.25. The van der Waals surface area contributed by atoms with Crippen LogP contribution in [0.15, 0.2) is 48.5 Å². The lowest BCUT2D eigenvalue weighted by Gasteiger charge is -2.16. The van der Waals surface area contributed by atoms with Crippen LogP contribution in [0.4, 0.5) is 0 Å². The molecule has 0 N–H and O–H groups in total. The quantitative estimate of drug-likeness (QED) is 0.380. The summed E-state index contributed by atoms with van der Waals surface area (Å²) in [5.41, 5.74) is 2.68. The Morgan fingerprint density at radius 3 is 2.70 bits per heavy atom. The molecule has 136 valence electrons. The zero-order valence-corrected chi connectivity index (χ0v) is 15.3. The van der Waals surface area contributed by atoms with Gasteiger partial charge in [-0.25, -0.2) is 4.79 Å². The fourth-order valence-corrected chi connectivity index (χ4v) is 3.94. The van der Waals surface area contributed by atoms with E-state index in [1.54, 1.807) is 13.8 Å². The first kappa shape index (κ1) is 16.5. The lowest BCUT2D eigenvalue weighted by atomic mass is 9.96. The van der Waals surface area contributed by atoms with E-state index in [1.807, 2.05) is 18.2 Å². The van der Waals surface area contributed by atoms with Gasteiger partial charge < -0.3 is 14.2 Å². The SMILES string of the molecule is CC1(C)OCC(C(=O)Oc2ccc3c(ccc4c5c(ccc43)C=CC5)c2)O1. The minimum atomic E-state index is -0.749. The molecule has 4 nitrogen and oxygen atoms in total. The smallest absolute Gasteiger partial charge is 0.343 e. The molecule has 4 heteroatoms. The fraction of sp³-hybridized carbons (Fsp3) is 0.261. The summed E-state index contributed by atoms with van der Waals surface area (Å²) in [6.07, 6.45) is 4.67. The summed E-state index contributed by atoms with van der Waals surface area (Å²) in [4.78, 5) is 12.3. The van der Waals surface area contributed by atoms with Crippen molar-refractivity contribution >= 4 is 33.6 Å². The average molecular weight is 360 g/mol. The molecule has 0 saturated carbocycles. The van der Waals surface area contributed by atoms with Crippen LogP contribution < -0.4 is 4.74 Å². The van der Waals surface area contributed by atoms with E-state index < -0.39 is 17.9 Å². The summed E-state index contributed by atoms with van der Waals surface area (Å²) >= 11 is 0. The number of allylic oxidation sites excluding steroid dienone is 1. The molecule has 1 aliphatic carbocycles. The van der Waals surface area contributed by atoms with Gasteiger partial charge in [0.1, 0.15) is 5.75 Å². The molecule has 5 rings (SSSR count). The van der Waals surface area contributed by atoms with Crippen molar-refractivity contribution in [1.82, 2.24) is 0 Å². The van der Waals surface area contributed by atoms with E-state index in [0.717, 1.165) is 17.2 Å². The van der Waals surface area contributed by atoms with Crippen molar-refractivity contribution in [2.45, 2.75) is 32.2 Å². The van der Waals surface area contributed by atoms with E-state index in [-0.39, 0.29) is 6.61 Å². The number of hydrogen-bond acceptors (Lipinski definition) is 4. The predicted molar refractivity (Wildman–Crippen MR) is 105 cm³/mol. The largest absolute Gasteiger partial charge is 0.425 e. The predicted octanol–water partition coefficient (Wildman–Crippen LogP) is 4.62. The third kappa shape index (κ3) is 2.82. The van der Waals surface area contributed by atoms with E-state index in [4.69, 9.17) is 14.2 Å². The van der Waals surface area contributed by atoms with Crippen molar-refractivity contribution in [2.75, 3.05) is 6.61 Å². The van der Waals surface area contributed by atoms with Gasteiger partial charge in [-0.3, -0.25) is 0 Å². The topological polar surface area (TPSA) is 44.8 Å². The molecule has 2 aliphatic rings. The Hall–Kier alpha value is -2.69. The summed E-state index contributed by atoms with van der Waals surface area (Å²) in [5.74, 6) is -0.659. The Balaban J connectivity index is 1.47. The standard InChI is InChI=1S/C23H20O4/c1-23(2)25-13-21(27-23)22(24)26-16-8-11-18-15(12-16)7-10-19-17-5-3-4-14(17)6-9-20(18)19/h3-4,6-12,21H,5,13H2,1-2H3. The normalized spacial score (nSPS) is 20.3. The third-order valence-corrected chi connectivity index (χ3v) is 5.25. The lowest BCUT2D eigenvalue weighted by molar-refractivity contribution is -0.162. The summed E-state index contributed by atoms with van der Waals surface area (Å²) in [5, 5.41) is 4.71. The Morgan fingerprint density at radius 2 is 1.89 bits per heavy atom. The van der Waals surface area contributed by atoms with Crippen molar-refractivity contribution in [1.29, 1.82) is 0 Å². The van der Waals surface area contributed by atoms with Crippen LogP contribution in [0.5, 0.6) is 5.75 Å². The van der Waals surface area contributed by atoms with Crippen molar-refractivity contribution in [3.63, 3.8) is 0 Å². The molecule has 1 atom stereocenters. The number of rotatable bonds is 2. The highest BCUT2D eigenvalue weighted by Crippen LogP contribution is 2.34. The molecule has 0 aromatic heterocycles. The van der Waals surface area contributed by atoms with Crippen molar-refractivity contribution in [3.8, 4) is 5.75 Å². The number of hydrogen-bond donors (Lipinski definition) is 0. The Morgan fingerprint density at radius 1 is 1.07 bits per heavy atom. The Labute approximate surface area is 157 Å². The van der Waals surface area contributed by atoms with E-state index in [9.17, 15) is 4.79 Å². The van der Waals surface area contributed by atoms with E-state index in [2.05, 4.69) is 36.4 Å². The molecule has 3 aromatic rings. The highest BCUT2D eigenvalue weighted by molar-refractivity contribution is 6.10. The highest BCUT2D eigenvalue weighted by Gasteiger charge is 2.38. The number of fused-ring (bicyclic) bond motifs is 5. The van der Waals surface area contributed by atoms with Gasteiger partial charge in [-0.2, -0.15) is 0 Å². The van der Waals surface area contributed by atoms with Crippen molar-refractivity contribution in [2.24, 2.45) is 0 Å². The molecule has 0 amide bonds. The molecule has 1 saturated heterocycles. The molecule has 1 heterocycles. The van der Waals surface area contributed by atoms with E-state index in [1.165, 1.54) is 21.9 Å². The Bertz CT molecular complexity index is 1110. The second-order valence-electron chi connectivity index (χ2n) is 7.52. The van der Waals surface area contributed by atoms with Gasteiger partial charge in [-0.1, -0.05) is 42.5 Å². The molecule has 3 aromatic carbocycles. The van der Waals surface area contributed by atoms with Gasteiger partial charge in [0, 0.05) is 0 Å². The van der Waals surface area contributed by atoms with E-state index >= 15 is 0 Å². The average Bonchev–Trinajstić information content (AvgIpc) is 3.27. The van der Waals surface area contributed by atoms with Crippen LogP contribution in [-0.2, 0) is 20.7 Å². The van der Waals surface area contributed by atoms with Crippen molar-refractivity contribution in [3.05, 3.63) is 59.7 Å². The number of esters is 1. The van der Waals surface area contributed by atoms with Crippen molar-refractivity contribution < 1.29 is 19.0 Å². The maximum atomic E-state index is 12.3. The molecule has 0 bridgehead atoms. The van der Waals surface area contributed by atoms with Crippen LogP contribution in [0.2, 0.25) is 0 Å². The summed E-state index contributed by atoms with van der Waals surface area (Å²) in [6, 6.07) is 14.4. The zero-order chi connectivity index (χ0) is 18.6. The first-order chi connectivity index (χ1) is 13.0. The Kier molecular flexibility index (Phi) is 3.61. The summed E-state index contributed by atoms with van der Waals surface area (Å²) < 4.78 is 16.5. The molecular weight excluding hydrogens is 340 g/mol. The molecule has 1 unspecified atom stereocenters. The second kappa shape index (κ2) is 5.91. The van der Waals surface area contributed by atoms with E-state index in [0.29, 0.717) is 5.75 Å². The van der Waals surface area contributed by atoms with Gasteiger partial charge in [0.15, 0.2) is 11.9 Å². The number of carbonyl (C=O) groups excluding carboxylic acids is 1. The van der Waals surface area contributed by atoms with Gasteiger partial charge >= 0.3 is 5.97 Å². The van der Waals surface area contributed by atoms with Crippen LogP contribution in [0.3, 0.4) is 0 Å². The molecule has 1 aliphatic heterocycles. The molecule has 1 fully saturated rings. The van der Waals surface area contributed by atoms with Crippen LogP contribution >= 0.6 is 0 Å². The first-order valence-corrected chi connectivity index (χ1v) is 9.19. The first-order valence-electron chi connectivity index (χ1n) is 9.19. The van der Waals surface area contributed by atoms with Gasteiger partial charge in [-0.05, 0) is 65.1 Å². The van der Waals surface area contributed by atoms with Crippen LogP contribution in [0.1, 0.15) is 25.0 Å². The van der Waals surface area contributed by atoms with Gasteiger partial charge in [-0.15, -0.1) is 0 Å². The summed E-state index contributed by atoms with van der Waals surface area (Å²) in [7, 11) is 0. The minimum Gasteiger partial charge on any atom is -0.425 e. The highest BCUT2D eigenvalue weighted by atomic mass is 16.8. The van der Waals surface area contributed by atoms with Crippen LogP contribution in [0, 0.1) is 0 Å². The zero-order valence-electron chi connectivity index (χ0n) is 15.3. The molecule has 0 spiro atoms. The van der Waals surface area contributed by atoms with Gasteiger partial charge in [0.25, 0.3) is 0 Å². The monoisotopic (exact) mass is 360 g/mol. The second-order valence-corrected chi connectivity index (χ2v) is 7.52. The maximum absolute atomic E-state index is 12.3. The lowest BCUT2D eigenvalue weighted by Crippen LogP contribution is -2.30.